The monoisotopic (exact) mass is 605 g/mol. The summed E-state index contributed by atoms with van der Waals surface area (Å²) < 4.78 is 18.8. The number of methoxy groups -OCH3 is 1. The first kappa shape index (κ1) is 32.5. The van der Waals surface area contributed by atoms with Crippen LogP contribution in [0.5, 0.6) is 5.75 Å². The first-order valence-corrected chi connectivity index (χ1v) is 16.4. The van der Waals surface area contributed by atoms with Gasteiger partial charge in [0.05, 0.1) is 25.9 Å². The van der Waals surface area contributed by atoms with Crippen LogP contribution in [0.3, 0.4) is 0 Å². The van der Waals surface area contributed by atoms with Crippen molar-refractivity contribution in [2.75, 3.05) is 13.7 Å². The van der Waals surface area contributed by atoms with E-state index in [2.05, 4.69) is 39.8 Å². The minimum absolute atomic E-state index is 0.149. The average Bonchev–Trinajstić information content (AvgIpc) is 3.30. The van der Waals surface area contributed by atoms with Crippen LogP contribution in [0.1, 0.15) is 108 Å². The Kier molecular flexibility index (Phi) is 9.21. The van der Waals surface area contributed by atoms with E-state index < -0.39 is 41.1 Å². The second-order valence-electron chi connectivity index (χ2n) is 14.5. The van der Waals surface area contributed by atoms with Crippen molar-refractivity contribution in [3.63, 3.8) is 0 Å². The molecule has 1 saturated carbocycles. The molecule has 2 aromatic carbocycles. The molecular weight excluding hydrogens is 554 g/mol. The Bertz CT molecular complexity index is 1350. The van der Waals surface area contributed by atoms with Crippen LogP contribution in [-0.2, 0) is 31.1 Å². The molecule has 7 heteroatoms. The molecule has 1 amide bonds. The van der Waals surface area contributed by atoms with Crippen LogP contribution in [0.15, 0.2) is 42.5 Å². The molecule has 3 aliphatic rings. The molecule has 5 atom stereocenters. The molecule has 0 radical (unpaired) electrons. The SMILES string of the molecule is CC[C@@]1(C(=O)O)[C@@H](C(C)(C)C)[C@H](OCc2cc(C3(C)CCC3)ccc2OC)[C@H](c2ccccc2C)N1C(=O)C1CCCCO1. The van der Waals surface area contributed by atoms with Crippen molar-refractivity contribution in [2.24, 2.45) is 11.3 Å². The van der Waals surface area contributed by atoms with Crippen LogP contribution in [0, 0.1) is 18.3 Å². The number of ether oxygens (including phenoxy) is 3. The van der Waals surface area contributed by atoms with Crippen LogP contribution in [0.2, 0.25) is 0 Å². The first-order chi connectivity index (χ1) is 20.9. The van der Waals surface area contributed by atoms with Gasteiger partial charge in [-0.2, -0.15) is 0 Å². The number of carboxylic acid groups (broad SMARTS) is 1. The topological polar surface area (TPSA) is 85.3 Å². The number of hydrogen-bond donors (Lipinski definition) is 1. The van der Waals surface area contributed by atoms with Crippen LogP contribution in [-0.4, -0.2) is 53.3 Å². The zero-order chi connectivity index (χ0) is 31.9. The van der Waals surface area contributed by atoms with Gasteiger partial charge in [0.1, 0.15) is 17.4 Å². The molecule has 2 aliphatic heterocycles. The fourth-order valence-electron chi connectivity index (χ4n) is 8.28. The lowest BCUT2D eigenvalue weighted by atomic mass is 9.66. The van der Waals surface area contributed by atoms with Gasteiger partial charge in [0.25, 0.3) is 5.91 Å². The van der Waals surface area contributed by atoms with Gasteiger partial charge in [-0.05, 0) is 85.1 Å². The van der Waals surface area contributed by atoms with E-state index >= 15 is 0 Å². The van der Waals surface area contributed by atoms with Crippen molar-refractivity contribution in [2.45, 2.75) is 122 Å². The minimum Gasteiger partial charge on any atom is -0.496 e. The Hall–Kier alpha value is -2.90. The number of carbonyl (C=O) groups excluding carboxylic acids is 1. The van der Waals surface area contributed by atoms with E-state index in [1.807, 2.05) is 44.2 Å². The molecular formula is C37H51NO6. The summed E-state index contributed by atoms with van der Waals surface area (Å²) in [7, 11) is 1.67. The van der Waals surface area contributed by atoms with Gasteiger partial charge in [-0.1, -0.05) is 71.4 Å². The van der Waals surface area contributed by atoms with Crippen LogP contribution >= 0.6 is 0 Å². The molecule has 7 nitrogen and oxygen atoms in total. The largest absolute Gasteiger partial charge is 0.496 e. The van der Waals surface area contributed by atoms with E-state index in [1.165, 1.54) is 12.0 Å². The summed E-state index contributed by atoms with van der Waals surface area (Å²) in [6, 6.07) is 13.8. The molecule has 3 fully saturated rings. The number of rotatable bonds is 9. The Labute approximate surface area is 263 Å². The summed E-state index contributed by atoms with van der Waals surface area (Å²) in [4.78, 5) is 30.0. The molecule has 0 aromatic heterocycles. The van der Waals surface area contributed by atoms with Gasteiger partial charge in [0.2, 0.25) is 0 Å². The number of aryl methyl sites for hydroxylation is 1. The molecule has 2 aromatic rings. The van der Waals surface area contributed by atoms with Crippen LogP contribution in [0.25, 0.3) is 0 Å². The van der Waals surface area contributed by atoms with Gasteiger partial charge in [0, 0.05) is 18.1 Å². The van der Waals surface area contributed by atoms with E-state index in [1.54, 1.807) is 12.0 Å². The van der Waals surface area contributed by atoms with E-state index in [-0.39, 0.29) is 24.3 Å². The Morgan fingerprint density at radius 3 is 2.36 bits per heavy atom. The highest BCUT2D eigenvalue weighted by Gasteiger charge is 2.68. The molecule has 1 unspecified atom stereocenters. The first-order valence-electron chi connectivity index (χ1n) is 16.4. The second-order valence-corrected chi connectivity index (χ2v) is 14.5. The fourth-order valence-corrected chi connectivity index (χ4v) is 8.28. The Balaban J connectivity index is 1.66. The average molecular weight is 606 g/mol. The molecule has 1 aliphatic carbocycles. The quantitative estimate of drug-likeness (QED) is 0.321. The summed E-state index contributed by atoms with van der Waals surface area (Å²) in [6.07, 6.45) is 4.90. The summed E-state index contributed by atoms with van der Waals surface area (Å²) >= 11 is 0. The normalized spacial score (nSPS) is 28.4. The predicted octanol–water partition coefficient (Wildman–Crippen LogP) is 7.38. The van der Waals surface area contributed by atoms with Crippen molar-refractivity contribution in [3.8, 4) is 5.75 Å². The zero-order valence-corrected chi connectivity index (χ0v) is 27.7. The molecule has 5 rings (SSSR count). The molecule has 1 N–H and O–H groups in total. The smallest absolute Gasteiger partial charge is 0.330 e. The highest BCUT2D eigenvalue weighted by Crippen LogP contribution is 2.57. The number of hydrogen-bond acceptors (Lipinski definition) is 5. The number of aliphatic carboxylic acids is 1. The zero-order valence-electron chi connectivity index (χ0n) is 27.7. The number of likely N-dealkylation sites (tertiary alicyclic amines) is 1. The Morgan fingerprint density at radius 2 is 1.82 bits per heavy atom. The number of nitrogens with zero attached hydrogens (tertiary/aromatic N) is 1. The molecule has 0 bridgehead atoms. The predicted molar refractivity (Wildman–Crippen MR) is 171 cm³/mol. The number of amides is 1. The highest BCUT2D eigenvalue weighted by molar-refractivity contribution is 5.91. The van der Waals surface area contributed by atoms with E-state index in [9.17, 15) is 14.7 Å². The summed E-state index contributed by atoms with van der Waals surface area (Å²) in [5.41, 5.74) is 2.28. The van der Waals surface area contributed by atoms with Crippen LogP contribution in [0.4, 0.5) is 0 Å². The number of carbonyl (C=O) groups is 2. The molecule has 0 spiro atoms. The van der Waals surface area contributed by atoms with Crippen molar-refractivity contribution in [1.82, 2.24) is 4.90 Å². The standard InChI is InChI=1S/C37H51NO6/c1-8-37(34(40)41)32(35(3,4)5)31(44-23-25-22-26(17-18-28(25)42-7)36(6)19-13-20-36)30(27-15-10-9-14-24(27)2)38(37)33(39)29-16-11-12-21-43-29/h9-10,14-15,17-18,22,29-32H,8,11-13,16,19-21,23H2,1-7H3,(H,40,41)/t29?,30-,31+,32+,37-/m0/s1. The molecule has 240 valence electrons. The molecule has 44 heavy (non-hydrogen) atoms. The van der Waals surface area contributed by atoms with Crippen molar-refractivity contribution in [1.29, 1.82) is 0 Å². The van der Waals surface area contributed by atoms with Crippen molar-refractivity contribution < 1.29 is 28.9 Å². The van der Waals surface area contributed by atoms with Gasteiger partial charge in [0.15, 0.2) is 0 Å². The third-order valence-corrected chi connectivity index (χ3v) is 10.8. The number of benzene rings is 2. The fraction of sp³-hybridized carbons (Fsp3) is 0.622. The Morgan fingerprint density at radius 1 is 1.09 bits per heavy atom. The van der Waals surface area contributed by atoms with Crippen molar-refractivity contribution >= 4 is 11.9 Å². The minimum atomic E-state index is -1.49. The number of carboxylic acids is 1. The molecule has 2 heterocycles. The summed E-state index contributed by atoms with van der Waals surface area (Å²) in [5, 5.41) is 11.2. The lowest BCUT2D eigenvalue weighted by Gasteiger charge is -2.45. The second kappa shape index (κ2) is 12.5. The maximum Gasteiger partial charge on any atom is 0.330 e. The molecule has 2 saturated heterocycles. The lowest BCUT2D eigenvalue weighted by molar-refractivity contribution is -0.170. The van der Waals surface area contributed by atoms with E-state index in [0.717, 1.165) is 48.1 Å². The maximum atomic E-state index is 14.6. The summed E-state index contributed by atoms with van der Waals surface area (Å²) in [6.45, 7) is 13.2. The van der Waals surface area contributed by atoms with E-state index in [0.29, 0.717) is 13.0 Å². The van der Waals surface area contributed by atoms with Gasteiger partial charge < -0.3 is 24.2 Å². The summed E-state index contributed by atoms with van der Waals surface area (Å²) in [5.74, 6) is -1.00. The van der Waals surface area contributed by atoms with Gasteiger partial charge >= 0.3 is 5.97 Å². The van der Waals surface area contributed by atoms with Gasteiger partial charge in [-0.25, -0.2) is 4.79 Å². The van der Waals surface area contributed by atoms with Crippen molar-refractivity contribution in [3.05, 3.63) is 64.7 Å². The maximum absolute atomic E-state index is 14.6. The third kappa shape index (κ3) is 5.55. The lowest BCUT2D eigenvalue weighted by Crippen LogP contribution is -2.61. The third-order valence-electron chi connectivity index (χ3n) is 10.8. The van der Waals surface area contributed by atoms with Gasteiger partial charge in [-0.15, -0.1) is 0 Å². The van der Waals surface area contributed by atoms with Gasteiger partial charge in [-0.3, -0.25) is 4.79 Å². The van der Waals surface area contributed by atoms with E-state index in [4.69, 9.17) is 14.2 Å². The highest BCUT2D eigenvalue weighted by atomic mass is 16.5. The van der Waals surface area contributed by atoms with Crippen LogP contribution < -0.4 is 4.74 Å².